The fraction of sp³-hybridized carbons (Fsp3) is 0.500. The molecular formula is C14H17N3O2. The summed E-state index contributed by atoms with van der Waals surface area (Å²) in [5.74, 6) is -0.553. The molecule has 2 N–H and O–H groups in total. The van der Waals surface area contributed by atoms with E-state index in [1.807, 2.05) is 6.07 Å². The maximum Gasteiger partial charge on any atom is 0.308 e. The zero-order valence-corrected chi connectivity index (χ0v) is 10.7. The number of carboxylic acids is 1. The monoisotopic (exact) mass is 259 g/mol. The van der Waals surface area contributed by atoms with E-state index in [0.29, 0.717) is 17.9 Å². The van der Waals surface area contributed by atoms with Gasteiger partial charge in [-0.1, -0.05) is 25.3 Å². The molecule has 0 amide bonds. The van der Waals surface area contributed by atoms with Crippen LogP contribution in [0.3, 0.4) is 0 Å². The number of hydrogen-bond acceptors (Lipinski definition) is 4. The van der Waals surface area contributed by atoms with Gasteiger partial charge in [-0.3, -0.25) is 4.79 Å². The summed E-state index contributed by atoms with van der Waals surface area (Å²) < 4.78 is 0. The van der Waals surface area contributed by atoms with Crippen LogP contribution in [0.1, 0.15) is 37.8 Å². The largest absolute Gasteiger partial charge is 0.481 e. The van der Waals surface area contributed by atoms with Crippen LogP contribution in [0.2, 0.25) is 0 Å². The van der Waals surface area contributed by atoms with Crippen molar-refractivity contribution in [1.29, 1.82) is 5.26 Å². The molecular weight excluding hydrogens is 242 g/mol. The smallest absolute Gasteiger partial charge is 0.308 e. The van der Waals surface area contributed by atoms with Crippen molar-refractivity contribution < 1.29 is 9.90 Å². The normalized spacial score (nSPS) is 23.1. The van der Waals surface area contributed by atoms with Gasteiger partial charge in [0.25, 0.3) is 0 Å². The molecule has 5 heteroatoms. The van der Waals surface area contributed by atoms with E-state index in [-0.39, 0.29) is 12.0 Å². The highest BCUT2D eigenvalue weighted by molar-refractivity contribution is 5.71. The van der Waals surface area contributed by atoms with Crippen molar-refractivity contribution in [2.75, 3.05) is 5.32 Å². The first-order valence-electron chi connectivity index (χ1n) is 6.57. The SMILES string of the molecule is N#Cc1cccc(NC2CCCCCC2C(=O)O)n1. The van der Waals surface area contributed by atoms with Gasteiger partial charge in [0.1, 0.15) is 17.6 Å². The quantitative estimate of drug-likeness (QED) is 0.814. The van der Waals surface area contributed by atoms with E-state index in [2.05, 4.69) is 10.3 Å². The Bertz CT molecular complexity index is 496. The third kappa shape index (κ3) is 3.44. The molecule has 2 rings (SSSR count). The Labute approximate surface area is 112 Å². The van der Waals surface area contributed by atoms with Gasteiger partial charge in [-0.15, -0.1) is 0 Å². The number of anilines is 1. The van der Waals surface area contributed by atoms with Crippen LogP contribution in [0.4, 0.5) is 5.82 Å². The number of rotatable bonds is 3. The molecule has 19 heavy (non-hydrogen) atoms. The summed E-state index contributed by atoms with van der Waals surface area (Å²) >= 11 is 0. The van der Waals surface area contributed by atoms with Crippen LogP contribution in [0, 0.1) is 17.2 Å². The zero-order valence-electron chi connectivity index (χ0n) is 10.7. The minimum absolute atomic E-state index is 0.110. The lowest BCUT2D eigenvalue weighted by Gasteiger charge is -2.23. The summed E-state index contributed by atoms with van der Waals surface area (Å²) in [4.78, 5) is 15.5. The molecule has 0 aliphatic heterocycles. The molecule has 2 unspecified atom stereocenters. The van der Waals surface area contributed by atoms with Crippen molar-refractivity contribution in [3.8, 4) is 6.07 Å². The first-order chi connectivity index (χ1) is 9.20. The van der Waals surface area contributed by atoms with Crippen LogP contribution in [0.25, 0.3) is 0 Å². The third-order valence-electron chi connectivity index (χ3n) is 3.53. The van der Waals surface area contributed by atoms with Crippen LogP contribution in [-0.4, -0.2) is 22.1 Å². The standard InChI is InChI=1S/C14H17N3O2/c15-9-10-5-4-8-13(16-10)17-12-7-3-1-2-6-11(12)14(18)19/h4-5,8,11-12H,1-3,6-7H2,(H,16,17)(H,18,19). The first-order valence-corrected chi connectivity index (χ1v) is 6.57. The highest BCUT2D eigenvalue weighted by Crippen LogP contribution is 2.26. The molecule has 1 aromatic heterocycles. The highest BCUT2D eigenvalue weighted by atomic mass is 16.4. The van der Waals surface area contributed by atoms with Crippen LogP contribution < -0.4 is 5.32 Å². The van der Waals surface area contributed by atoms with Crippen molar-refractivity contribution in [3.63, 3.8) is 0 Å². The topological polar surface area (TPSA) is 86.0 Å². The van der Waals surface area contributed by atoms with Gasteiger partial charge in [0.2, 0.25) is 0 Å². The lowest BCUT2D eigenvalue weighted by Crippen LogP contribution is -2.34. The molecule has 0 saturated heterocycles. The summed E-state index contributed by atoms with van der Waals surface area (Å²) in [6.07, 6.45) is 4.59. The van der Waals surface area contributed by atoms with Gasteiger partial charge in [0, 0.05) is 6.04 Å². The van der Waals surface area contributed by atoms with Crippen LogP contribution in [0.15, 0.2) is 18.2 Å². The van der Waals surface area contributed by atoms with E-state index >= 15 is 0 Å². The average Bonchev–Trinajstić information content (AvgIpc) is 2.64. The molecule has 2 atom stereocenters. The maximum atomic E-state index is 11.3. The van der Waals surface area contributed by atoms with Gasteiger partial charge in [-0.25, -0.2) is 4.98 Å². The lowest BCUT2D eigenvalue weighted by atomic mass is 9.95. The van der Waals surface area contributed by atoms with Crippen molar-refractivity contribution >= 4 is 11.8 Å². The Kier molecular flexibility index (Phi) is 4.35. The Morgan fingerprint density at radius 2 is 2.16 bits per heavy atom. The molecule has 1 aliphatic rings. The number of nitrogens with one attached hydrogen (secondary N) is 1. The van der Waals surface area contributed by atoms with Gasteiger partial charge < -0.3 is 10.4 Å². The van der Waals surface area contributed by atoms with Crippen LogP contribution in [-0.2, 0) is 4.79 Å². The number of pyridine rings is 1. The maximum absolute atomic E-state index is 11.3. The first kappa shape index (κ1) is 13.3. The zero-order chi connectivity index (χ0) is 13.7. The summed E-state index contributed by atoms with van der Waals surface area (Å²) in [7, 11) is 0. The minimum atomic E-state index is -0.754. The number of aliphatic carboxylic acids is 1. The predicted octanol–water partition coefficient (Wildman–Crippen LogP) is 2.40. The van der Waals surface area contributed by atoms with Gasteiger partial charge in [0.15, 0.2) is 0 Å². The molecule has 1 fully saturated rings. The Balaban J connectivity index is 2.14. The van der Waals surface area contributed by atoms with Crippen molar-refractivity contribution in [1.82, 2.24) is 4.98 Å². The number of aromatic nitrogens is 1. The molecule has 1 saturated carbocycles. The minimum Gasteiger partial charge on any atom is -0.481 e. The average molecular weight is 259 g/mol. The van der Waals surface area contributed by atoms with Crippen LogP contribution >= 0.6 is 0 Å². The van der Waals surface area contributed by atoms with E-state index in [1.54, 1.807) is 18.2 Å². The number of nitrogens with zero attached hydrogens (tertiary/aromatic N) is 2. The molecule has 1 aliphatic carbocycles. The summed E-state index contributed by atoms with van der Waals surface area (Å²) in [5.41, 5.74) is 0.338. The van der Waals surface area contributed by atoms with E-state index in [9.17, 15) is 9.90 Å². The van der Waals surface area contributed by atoms with Gasteiger partial charge in [0.05, 0.1) is 5.92 Å². The number of carbonyl (C=O) groups is 1. The molecule has 0 radical (unpaired) electrons. The second-order valence-corrected chi connectivity index (χ2v) is 4.85. The molecule has 0 bridgehead atoms. The fourth-order valence-corrected chi connectivity index (χ4v) is 2.54. The van der Waals surface area contributed by atoms with E-state index in [4.69, 9.17) is 5.26 Å². The van der Waals surface area contributed by atoms with Crippen molar-refractivity contribution in [3.05, 3.63) is 23.9 Å². The van der Waals surface area contributed by atoms with Crippen molar-refractivity contribution in [2.24, 2.45) is 5.92 Å². The second kappa shape index (κ2) is 6.19. The number of hydrogen-bond donors (Lipinski definition) is 2. The second-order valence-electron chi connectivity index (χ2n) is 4.85. The fourth-order valence-electron chi connectivity index (χ4n) is 2.54. The van der Waals surface area contributed by atoms with E-state index in [1.165, 1.54) is 0 Å². The molecule has 1 aromatic rings. The summed E-state index contributed by atoms with van der Waals surface area (Å²) in [5, 5.41) is 21.3. The molecule has 1 heterocycles. The summed E-state index contributed by atoms with van der Waals surface area (Å²) in [6.45, 7) is 0. The molecule has 5 nitrogen and oxygen atoms in total. The lowest BCUT2D eigenvalue weighted by molar-refractivity contribution is -0.142. The number of carboxylic acid groups (broad SMARTS) is 1. The number of nitriles is 1. The van der Waals surface area contributed by atoms with Gasteiger partial charge in [-0.2, -0.15) is 5.26 Å². The van der Waals surface area contributed by atoms with Gasteiger partial charge in [-0.05, 0) is 25.0 Å². The van der Waals surface area contributed by atoms with Crippen LogP contribution in [0.5, 0.6) is 0 Å². The summed E-state index contributed by atoms with van der Waals surface area (Å²) in [6, 6.07) is 7.02. The van der Waals surface area contributed by atoms with Gasteiger partial charge >= 0.3 is 5.97 Å². The Morgan fingerprint density at radius 1 is 1.37 bits per heavy atom. The Hall–Kier alpha value is -2.09. The third-order valence-corrected chi connectivity index (χ3v) is 3.53. The predicted molar refractivity (Wildman–Crippen MR) is 70.6 cm³/mol. The van der Waals surface area contributed by atoms with Crippen molar-refractivity contribution in [2.45, 2.75) is 38.1 Å². The Morgan fingerprint density at radius 3 is 2.89 bits per heavy atom. The molecule has 100 valence electrons. The molecule has 0 aromatic carbocycles. The van der Waals surface area contributed by atoms with E-state index in [0.717, 1.165) is 25.7 Å². The molecule has 0 spiro atoms. The highest BCUT2D eigenvalue weighted by Gasteiger charge is 2.29. The van der Waals surface area contributed by atoms with E-state index < -0.39 is 5.97 Å².